The first-order valence-electron chi connectivity index (χ1n) is 8.87. The van der Waals surface area contributed by atoms with Crippen LogP contribution < -0.4 is 9.80 Å². The van der Waals surface area contributed by atoms with Crippen molar-refractivity contribution in [1.29, 1.82) is 0 Å². The zero-order valence-corrected chi connectivity index (χ0v) is 15.2. The Morgan fingerprint density at radius 2 is 1.80 bits per heavy atom. The van der Waals surface area contributed by atoms with Crippen LogP contribution in [0.4, 0.5) is 11.4 Å². The molecule has 2 aliphatic heterocycles. The van der Waals surface area contributed by atoms with E-state index in [2.05, 4.69) is 66.4 Å². The third kappa shape index (κ3) is 2.52. The molecule has 1 fully saturated rings. The Hall–Kier alpha value is -2.33. The summed E-state index contributed by atoms with van der Waals surface area (Å²) in [5.74, 6) is 0.249. The minimum atomic E-state index is -0.352. The lowest BCUT2D eigenvalue weighted by Gasteiger charge is -2.23. The molecule has 2 heterocycles. The number of amides is 1. The number of carbonyl (C=O) groups excluding carboxylic acids is 1. The van der Waals surface area contributed by atoms with Crippen LogP contribution in [0.15, 0.2) is 48.5 Å². The minimum Gasteiger partial charge on any atom is -0.378 e. The van der Waals surface area contributed by atoms with Gasteiger partial charge in [0, 0.05) is 45.6 Å². The van der Waals surface area contributed by atoms with Gasteiger partial charge in [-0.05, 0) is 42.3 Å². The number of para-hydroxylation sites is 1. The minimum absolute atomic E-state index is 0.249. The van der Waals surface area contributed by atoms with E-state index in [1.807, 2.05) is 18.0 Å². The van der Waals surface area contributed by atoms with E-state index in [4.69, 9.17) is 0 Å². The van der Waals surface area contributed by atoms with Gasteiger partial charge in [0.1, 0.15) is 0 Å². The second-order valence-corrected chi connectivity index (χ2v) is 7.48. The zero-order chi connectivity index (χ0) is 17.6. The van der Waals surface area contributed by atoms with Crippen molar-refractivity contribution in [1.82, 2.24) is 4.90 Å². The van der Waals surface area contributed by atoms with Crippen molar-refractivity contribution in [3.8, 4) is 0 Å². The van der Waals surface area contributed by atoms with Crippen LogP contribution in [0.2, 0.25) is 0 Å². The van der Waals surface area contributed by atoms with Gasteiger partial charge in [-0.25, -0.2) is 0 Å². The molecule has 0 radical (unpaired) electrons. The number of hydrogen-bond donors (Lipinski definition) is 0. The first kappa shape index (κ1) is 16.2. The monoisotopic (exact) mass is 335 g/mol. The first-order valence-corrected chi connectivity index (χ1v) is 8.87. The van der Waals surface area contributed by atoms with Gasteiger partial charge in [0.15, 0.2) is 0 Å². The fourth-order valence-electron chi connectivity index (χ4n) is 4.29. The maximum absolute atomic E-state index is 13.0. The van der Waals surface area contributed by atoms with Crippen LogP contribution in [0.1, 0.15) is 17.5 Å². The highest BCUT2D eigenvalue weighted by Gasteiger charge is 2.53. The maximum atomic E-state index is 13.0. The quantitative estimate of drug-likeness (QED) is 0.863. The fraction of sp³-hybridized carbons (Fsp3) is 0.381. The molecule has 1 unspecified atom stereocenters. The molecular formula is C21H25N3O. The van der Waals surface area contributed by atoms with Crippen molar-refractivity contribution in [2.24, 2.45) is 0 Å². The van der Waals surface area contributed by atoms with E-state index in [0.29, 0.717) is 0 Å². The molecule has 0 aromatic heterocycles. The summed E-state index contributed by atoms with van der Waals surface area (Å²) in [6.45, 7) is 2.67. The molecule has 0 saturated carbocycles. The lowest BCUT2D eigenvalue weighted by atomic mass is 9.81. The van der Waals surface area contributed by atoms with Gasteiger partial charge in [0.2, 0.25) is 5.91 Å². The van der Waals surface area contributed by atoms with Crippen LogP contribution in [0.3, 0.4) is 0 Å². The summed E-state index contributed by atoms with van der Waals surface area (Å²) >= 11 is 0. The van der Waals surface area contributed by atoms with Crippen LogP contribution in [0.5, 0.6) is 0 Å². The summed E-state index contributed by atoms with van der Waals surface area (Å²) in [6.07, 6.45) is 0.906. The largest absolute Gasteiger partial charge is 0.378 e. The van der Waals surface area contributed by atoms with E-state index >= 15 is 0 Å². The Balaban J connectivity index is 1.54. The molecule has 4 heteroatoms. The molecule has 0 N–H and O–H groups in total. The van der Waals surface area contributed by atoms with E-state index in [1.165, 1.54) is 16.8 Å². The van der Waals surface area contributed by atoms with Crippen LogP contribution in [0.25, 0.3) is 0 Å². The fourth-order valence-corrected chi connectivity index (χ4v) is 4.29. The number of hydrogen-bond acceptors (Lipinski definition) is 3. The van der Waals surface area contributed by atoms with Crippen LogP contribution in [0, 0.1) is 0 Å². The van der Waals surface area contributed by atoms with Crippen LogP contribution in [-0.2, 0) is 16.8 Å². The Kier molecular flexibility index (Phi) is 3.80. The molecule has 4 rings (SSSR count). The van der Waals surface area contributed by atoms with Gasteiger partial charge in [-0.2, -0.15) is 0 Å². The van der Waals surface area contributed by atoms with Gasteiger partial charge in [-0.1, -0.05) is 30.3 Å². The van der Waals surface area contributed by atoms with Gasteiger partial charge in [-0.3, -0.25) is 9.69 Å². The molecule has 4 nitrogen and oxygen atoms in total. The highest BCUT2D eigenvalue weighted by molar-refractivity contribution is 6.08. The molecule has 0 bridgehead atoms. The van der Waals surface area contributed by atoms with E-state index in [-0.39, 0.29) is 11.3 Å². The van der Waals surface area contributed by atoms with Crippen molar-refractivity contribution in [3.63, 3.8) is 0 Å². The molecule has 1 spiro atoms. The first-order chi connectivity index (χ1) is 12.0. The molecule has 130 valence electrons. The number of carbonyl (C=O) groups is 1. The van der Waals surface area contributed by atoms with Gasteiger partial charge in [0.05, 0.1) is 5.41 Å². The molecule has 1 atom stereocenters. The van der Waals surface area contributed by atoms with Gasteiger partial charge in [0.25, 0.3) is 0 Å². The van der Waals surface area contributed by atoms with Gasteiger partial charge >= 0.3 is 0 Å². The number of likely N-dealkylation sites (tertiary alicyclic amines) is 1. The molecule has 2 aliphatic rings. The van der Waals surface area contributed by atoms with E-state index in [1.54, 1.807) is 0 Å². The number of rotatable bonds is 3. The predicted molar refractivity (Wildman–Crippen MR) is 102 cm³/mol. The molecule has 25 heavy (non-hydrogen) atoms. The normalized spacial score (nSPS) is 22.7. The van der Waals surface area contributed by atoms with Crippen molar-refractivity contribution in [2.45, 2.75) is 18.4 Å². The second-order valence-electron chi connectivity index (χ2n) is 7.48. The number of benzene rings is 2. The third-order valence-electron chi connectivity index (χ3n) is 5.70. The molecule has 1 amide bonds. The Morgan fingerprint density at radius 1 is 1.08 bits per heavy atom. The topological polar surface area (TPSA) is 26.8 Å². The number of fused-ring (bicyclic) bond motifs is 2. The SMILES string of the molecule is CN(C)c1ccc(CN2CCC3(C2)C(=O)N(C)c2ccccc23)cc1. The number of anilines is 2. The summed E-state index contributed by atoms with van der Waals surface area (Å²) in [5, 5.41) is 0. The average molecular weight is 335 g/mol. The highest BCUT2D eigenvalue weighted by atomic mass is 16.2. The summed E-state index contributed by atoms with van der Waals surface area (Å²) < 4.78 is 0. The Labute approximate surface area is 149 Å². The number of nitrogens with zero attached hydrogens (tertiary/aromatic N) is 3. The second kappa shape index (κ2) is 5.88. The summed E-state index contributed by atoms with van der Waals surface area (Å²) in [7, 11) is 6.01. The third-order valence-corrected chi connectivity index (χ3v) is 5.70. The van der Waals surface area contributed by atoms with Crippen LogP contribution >= 0.6 is 0 Å². The van der Waals surface area contributed by atoms with Gasteiger partial charge < -0.3 is 9.80 Å². The van der Waals surface area contributed by atoms with E-state index in [0.717, 1.165) is 31.7 Å². The maximum Gasteiger partial charge on any atom is 0.238 e. The lowest BCUT2D eigenvalue weighted by Crippen LogP contribution is -2.40. The summed E-state index contributed by atoms with van der Waals surface area (Å²) in [6, 6.07) is 17.0. The molecule has 0 aliphatic carbocycles. The van der Waals surface area contributed by atoms with Crippen molar-refractivity contribution < 1.29 is 4.79 Å². The molecule has 2 aromatic rings. The molecule has 2 aromatic carbocycles. The number of likely N-dealkylation sites (N-methyl/N-ethyl adjacent to an activating group) is 1. The molecular weight excluding hydrogens is 310 g/mol. The zero-order valence-electron chi connectivity index (χ0n) is 15.2. The van der Waals surface area contributed by atoms with Crippen molar-refractivity contribution in [2.75, 3.05) is 44.0 Å². The average Bonchev–Trinajstić information content (AvgIpc) is 3.13. The predicted octanol–water partition coefficient (Wildman–Crippen LogP) is 2.87. The Morgan fingerprint density at radius 3 is 2.52 bits per heavy atom. The van der Waals surface area contributed by atoms with Gasteiger partial charge in [-0.15, -0.1) is 0 Å². The summed E-state index contributed by atoms with van der Waals surface area (Å²) in [4.78, 5) is 19.4. The molecule has 1 saturated heterocycles. The lowest BCUT2D eigenvalue weighted by molar-refractivity contribution is -0.122. The van der Waals surface area contributed by atoms with Crippen LogP contribution in [-0.4, -0.2) is 45.0 Å². The highest BCUT2D eigenvalue weighted by Crippen LogP contribution is 2.46. The smallest absolute Gasteiger partial charge is 0.238 e. The Bertz CT molecular complexity index is 799. The standard InChI is InChI=1S/C21H25N3O/c1-22(2)17-10-8-16(9-11-17)14-24-13-12-21(15-24)18-6-4-5-7-19(18)23(3)20(21)25/h4-11H,12-15H2,1-3H3. The van der Waals surface area contributed by atoms with Crippen molar-refractivity contribution in [3.05, 3.63) is 59.7 Å². The van der Waals surface area contributed by atoms with E-state index in [9.17, 15) is 4.79 Å². The summed E-state index contributed by atoms with van der Waals surface area (Å²) in [5.41, 5.74) is 4.44. The van der Waals surface area contributed by atoms with E-state index < -0.39 is 0 Å². The van der Waals surface area contributed by atoms with Crippen molar-refractivity contribution >= 4 is 17.3 Å².